The third-order valence-corrected chi connectivity index (χ3v) is 5.15. The molecule has 0 saturated carbocycles. The summed E-state index contributed by atoms with van der Waals surface area (Å²) in [6, 6.07) is 14.0. The number of benzene rings is 2. The first kappa shape index (κ1) is 18.1. The van der Waals surface area contributed by atoms with E-state index in [4.69, 9.17) is 9.47 Å². The highest BCUT2D eigenvalue weighted by molar-refractivity contribution is 7.92. The van der Waals surface area contributed by atoms with Gasteiger partial charge in [-0.15, -0.1) is 0 Å². The first-order valence-corrected chi connectivity index (χ1v) is 9.91. The summed E-state index contributed by atoms with van der Waals surface area (Å²) in [6.07, 6.45) is 1.06. The Morgan fingerprint density at radius 1 is 1.15 bits per heavy atom. The minimum absolute atomic E-state index is 0.0900. The van der Waals surface area contributed by atoms with Crippen LogP contribution in [0.3, 0.4) is 0 Å². The predicted octanol–water partition coefficient (Wildman–Crippen LogP) is 2.06. The van der Waals surface area contributed by atoms with Crippen LogP contribution in [0.1, 0.15) is 18.5 Å². The molecule has 0 radical (unpaired) electrons. The summed E-state index contributed by atoms with van der Waals surface area (Å²) in [6.45, 7) is 1.61. The molecule has 8 heteroatoms. The summed E-state index contributed by atoms with van der Waals surface area (Å²) in [5.74, 6) is 0.600. The number of sulfonamides is 1. The Labute approximate surface area is 152 Å². The zero-order valence-corrected chi connectivity index (χ0v) is 15.3. The van der Waals surface area contributed by atoms with Crippen molar-refractivity contribution < 1.29 is 22.7 Å². The normalized spacial score (nSPS) is 13.9. The van der Waals surface area contributed by atoms with E-state index in [2.05, 4.69) is 5.32 Å². The SMILES string of the molecule is C[C@@H](NC(=O)CN(c1ccc2c(c1)OCO2)S(C)(=O)=O)c1ccccc1. The quantitative estimate of drug-likeness (QED) is 0.834. The van der Waals surface area contributed by atoms with E-state index in [1.807, 2.05) is 37.3 Å². The van der Waals surface area contributed by atoms with Crippen LogP contribution in [-0.2, 0) is 14.8 Å². The lowest BCUT2D eigenvalue weighted by molar-refractivity contribution is -0.120. The van der Waals surface area contributed by atoms with E-state index in [0.29, 0.717) is 17.2 Å². The summed E-state index contributed by atoms with van der Waals surface area (Å²) in [5, 5.41) is 2.82. The lowest BCUT2D eigenvalue weighted by atomic mass is 10.1. The van der Waals surface area contributed by atoms with Gasteiger partial charge in [0.15, 0.2) is 11.5 Å². The second-order valence-corrected chi connectivity index (χ2v) is 7.91. The maximum Gasteiger partial charge on any atom is 0.241 e. The number of amides is 1. The number of anilines is 1. The molecule has 138 valence electrons. The number of nitrogens with zero attached hydrogens (tertiary/aromatic N) is 1. The first-order valence-electron chi connectivity index (χ1n) is 8.06. The molecule has 0 saturated heterocycles. The fourth-order valence-electron chi connectivity index (χ4n) is 2.68. The van der Waals surface area contributed by atoms with E-state index < -0.39 is 15.9 Å². The average Bonchev–Trinajstić information content (AvgIpc) is 3.07. The number of hydrogen-bond donors (Lipinski definition) is 1. The summed E-state index contributed by atoms with van der Waals surface area (Å²) < 4.78 is 36.0. The van der Waals surface area contributed by atoms with Gasteiger partial charge >= 0.3 is 0 Å². The molecule has 1 amide bonds. The summed E-state index contributed by atoms with van der Waals surface area (Å²) in [4.78, 5) is 12.4. The van der Waals surface area contributed by atoms with Crippen LogP contribution in [0.5, 0.6) is 11.5 Å². The van der Waals surface area contributed by atoms with Crippen LogP contribution in [0, 0.1) is 0 Å². The number of carbonyl (C=O) groups excluding carboxylic acids is 1. The van der Waals surface area contributed by atoms with Crippen LogP contribution >= 0.6 is 0 Å². The fourth-order valence-corrected chi connectivity index (χ4v) is 3.53. The van der Waals surface area contributed by atoms with Crippen molar-refractivity contribution in [1.82, 2.24) is 5.32 Å². The Balaban J connectivity index is 1.76. The van der Waals surface area contributed by atoms with Gasteiger partial charge in [0.1, 0.15) is 6.54 Å². The molecule has 1 aliphatic heterocycles. The van der Waals surface area contributed by atoms with Gasteiger partial charge in [-0.25, -0.2) is 8.42 Å². The van der Waals surface area contributed by atoms with Gasteiger partial charge in [0.2, 0.25) is 22.7 Å². The minimum atomic E-state index is -3.65. The van der Waals surface area contributed by atoms with Crippen molar-refractivity contribution in [2.24, 2.45) is 0 Å². The zero-order valence-electron chi connectivity index (χ0n) is 14.5. The van der Waals surface area contributed by atoms with Crippen molar-refractivity contribution in [1.29, 1.82) is 0 Å². The minimum Gasteiger partial charge on any atom is -0.454 e. The lowest BCUT2D eigenvalue weighted by Gasteiger charge is -2.23. The Hall–Kier alpha value is -2.74. The van der Waals surface area contributed by atoms with Crippen molar-refractivity contribution in [3.8, 4) is 11.5 Å². The summed E-state index contributed by atoms with van der Waals surface area (Å²) in [5.41, 5.74) is 1.29. The van der Waals surface area contributed by atoms with Gasteiger partial charge in [0, 0.05) is 6.07 Å². The molecule has 0 aromatic heterocycles. The standard InChI is InChI=1S/C18H20N2O5S/c1-13(14-6-4-3-5-7-14)19-18(21)11-20(26(2,22)23)15-8-9-16-17(10-15)25-12-24-16/h3-10,13H,11-12H2,1-2H3,(H,19,21)/t13-/m1/s1. The Bertz CT molecular complexity index is 899. The van der Waals surface area contributed by atoms with Crippen LogP contribution in [0.4, 0.5) is 5.69 Å². The number of hydrogen-bond acceptors (Lipinski definition) is 5. The molecule has 2 aromatic carbocycles. The molecule has 1 N–H and O–H groups in total. The maximum absolute atomic E-state index is 12.4. The molecular formula is C18H20N2O5S. The highest BCUT2D eigenvalue weighted by atomic mass is 32.2. The van der Waals surface area contributed by atoms with E-state index in [0.717, 1.165) is 16.1 Å². The third-order valence-electron chi connectivity index (χ3n) is 4.01. The molecule has 2 aromatic rings. The van der Waals surface area contributed by atoms with Crippen LogP contribution < -0.4 is 19.1 Å². The van der Waals surface area contributed by atoms with Crippen LogP contribution in [0.2, 0.25) is 0 Å². The number of rotatable bonds is 6. The van der Waals surface area contributed by atoms with Gasteiger partial charge < -0.3 is 14.8 Å². The van der Waals surface area contributed by atoms with E-state index in [9.17, 15) is 13.2 Å². The van der Waals surface area contributed by atoms with E-state index in [1.165, 1.54) is 0 Å². The molecule has 1 aliphatic rings. The molecule has 0 spiro atoms. The third kappa shape index (κ3) is 4.08. The van der Waals surface area contributed by atoms with Crippen molar-refractivity contribution in [3.63, 3.8) is 0 Å². The van der Waals surface area contributed by atoms with Crippen molar-refractivity contribution in [3.05, 3.63) is 54.1 Å². The zero-order chi connectivity index (χ0) is 18.7. The van der Waals surface area contributed by atoms with E-state index >= 15 is 0 Å². The van der Waals surface area contributed by atoms with Crippen molar-refractivity contribution in [2.45, 2.75) is 13.0 Å². The predicted molar refractivity (Wildman–Crippen MR) is 97.8 cm³/mol. The second-order valence-electron chi connectivity index (χ2n) is 6.01. The Morgan fingerprint density at radius 3 is 2.54 bits per heavy atom. The number of carbonyl (C=O) groups is 1. The van der Waals surface area contributed by atoms with Gasteiger partial charge in [-0.3, -0.25) is 9.10 Å². The van der Waals surface area contributed by atoms with Crippen LogP contribution in [-0.4, -0.2) is 33.9 Å². The molecule has 0 bridgehead atoms. The smallest absolute Gasteiger partial charge is 0.241 e. The van der Waals surface area contributed by atoms with Crippen LogP contribution in [0.25, 0.3) is 0 Å². The molecule has 26 heavy (non-hydrogen) atoms. The molecular weight excluding hydrogens is 356 g/mol. The van der Waals surface area contributed by atoms with Gasteiger partial charge in [-0.1, -0.05) is 30.3 Å². The van der Waals surface area contributed by atoms with Gasteiger partial charge in [-0.05, 0) is 24.6 Å². The van der Waals surface area contributed by atoms with E-state index in [1.54, 1.807) is 18.2 Å². The summed E-state index contributed by atoms with van der Waals surface area (Å²) in [7, 11) is -3.65. The monoisotopic (exact) mass is 376 g/mol. The van der Waals surface area contributed by atoms with Crippen molar-refractivity contribution >= 4 is 21.6 Å². The maximum atomic E-state index is 12.4. The molecule has 0 unspecified atom stereocenters. The topological polar surface area (TPSA) is 84.9 Å². The molecule has 0 fully saturated rings. The second kappa shape index (κ2) is 7.25. The number of ether oxygens (including phenoxy) is 2. The van der Waals surface area contributed by atoms with E-state index in [-0.39, 0.29) is 19.4 Å². The number of fused-ring (bicyclic) bond motifs is 1. The molecule has 0 aliphatic carbocycles. The first-order chi connectivity index (χ1) is 12.3. The highest BCUT2D eigenvalue weighted by Crippen LogP contribution is 2.36. The number of nitrogens with one attached hydrogen (secondary N) is 1. The average molecular weight is 376 g/mol. The Kier molecular flexibility index (Phi) is 5.03. The highest BCUT2D eigenvalue weighted by Gasteiger charge is 2.24. The Morgan fingerprint density at radius 2 is 1.85 bits per heavy atom. The van der Waals surface area contributed by atoms with Crippen molar-refractivity contribution in [2.75, 3.05) is 23.9 Å². The molecule has 7 nitrogen and oxygen atoms in total. The largest absolute Gasteiger partial charge is 0.454 e. The fraction of sp³-hybridized carbons (Fsp3) is 0.278. The lowest BCUT2D eigenvalue weighted by Crippen LogP contribution is -2.41. The molecule has 1 heterocycles. The molecule has 3 rings (SSSR count). The van der Waals surface area contributed by atoms with Gasteiger partial charge in [0.05, 0.1) is 18.0 Å². The van der Waals surface area contributed by atoms with Crippen LogP contribution in [0.15, 0.2) is 48.5 Å². The summed E-state index contributed by atoms with van der Waals surface area (Å²) >= 11 is 0. The van der Waals surface area contributed by atoms with Gasteiger partial charge in [0.25, 0.3) is 0 Å². The van der Waals surface area contributed by atoms with Gasteiger partial charge in [-0.2, -0.15) is 0 Å². The molecule has 1 atom stereocenters.